The first-order valence-corrected chi connectivity index (χ1v) is 6.20. The van der Waals surface area contributed by atoms with Crippen molar-refractivity contribution in [2.24, 2.45) is 0 Å². The van der Waals surface area contributed by atoms with Crippen molar-refractivity contribution in [2.75, 3.05) is 7.11 Å². The fraction of sp³-hybridized carbons (Fsp3) is 0.308. The van der Waals surface area contributed by atoms with Gasteiger partial charge in [-0.3, -0.25) is 0 Å². The van der Waals surface area contributed by atoms with Crippen LogP contribution >= 0.6 is 11.3 Å². The van der Waals surface area contributed by atoms with Crippen LogP contribution in [-0.2, 0) is 4.74 Å². The number of rotatable bonds is 3. The van der Waals surface area contributed by atoms with Crippen molar-refractivity contribution in [1.82, 2.24) is 0 Å². The summed E-state index contributed by atoms with van der Waals surface area (Å²) >= 11 is 1.42. The third-order valence-electron chi connectivity index (χ3n) is 2.25. The Morgan fingerprint density at radius 3 is 2.71 bits per heavy atom. The van der Waals surface area contributed by atoms with Gasteiger partial charge in [0, 0.05) is 4.70 Å². The Labute approximate surface area is 104 Å². The molecule has 2 rings (SSSR count). The molecule has 0 saturated carbocycles. The largest absolute Gasteiger partial charge is 0.491 e. The van der Waals surface area contributed by atoms with Gasteiger partial charge in [0.05, 0.1) is 13.2 Å². The number of ether oxygens (including phenoxy) is 2. The van der Waals surface area contributed by atoms with Crippen LogP contribution < -0.4 is 4.74 Å². The first-order chi connectivity index (χ1) is 8.10. The fourth-order valence-electron chi connectivity index (χ4n) is 1.56. The van der Waals surface area contributed by atoms with Crippen molar-refractivity contribution < 1.29 is 14.3 Å². The summed E-state index contributed by atoms with van der Waals surface area (Å²) < 4.78 is 11.3. The number of fused-ring (bicyclic) bond motifs is 1. The minimum atomic E-state index is -0.294. The molecule has 4 heteroatoms. The Balaban J connectivity index is 2.37. The number of hydrogen-bond acceptors (Lipinski definition) is 4. The Bertz CT molecular complexity index is 543. The molecule has 0 atom stereocenters. The fourth-order valence-corrected chi connectivity index (χ4v) is 2.57. The van der Waals surface area contributed by atoms with Crippen molar-refractivity contribution in [3.05, 3.63) is 29.1 Å². The Hall–Kier alpha value is -1.55. The summed E-state index contributed by atoms with van der Waals surface area (Å²) in [6, 6.07) is 7.66. The van der Waals surface area contributed by atoms with Gasteiger partial charge in [0.1, 0.15) is 10.6 Å². The summed E-state index contributed by atoms with van der Waals surface area (Å²) in [5.74, 6) is 0.531. The molecule has 0 bridgehead atoms. The third-order valence-corrected chi connectivity index (χ3v) is 3.33. The lowest BCUT2D eigenvalue weighted by molar-refractivity contribution is 0.0606. The molecule has 0 spiro atoms. The molecule has 0 aliphatic carbocycles. The van der Waals surface area contributed by atoms with Crippen LogP contribution in [0, 0.1) is 0 Å². The van der Waals surface area contributed by atoms with E-state index < -0.39 is 0 Å². The molecule has 0 unspecified atom stereocenters. The molecule has 0 aliphatic rings. The Kier molecular flexibility index (Phi) is 3.33. The minimum absolute atomic E-state index is 0.146. The Morgan fingerprint density at radius 2 is 2.06 bits per heavy atom. The first kappa shape index (κ1) is 11.9. The molecule has 1 aromatic heterocycles. The predicted molar refractivity (Wildman–Crippen MR) is 68.9 cm³/mol. The second-order valence-corrected chi connectivity index (χ2v) is 5.05. The number of carbonyl (C=O) groups excluding carboxylic acids is 1. The zero-order valence-electron chi connectivity index (χ0n) is 10.0. The lowest BCUT2D eigenvalue weighted by Crippen LogP contribution is -2.04. The molecule has 0 fully saturated rings. The standard InChI is InChI=1S/C13H14O3S/c1-8(2)16-10-5-4-9-6-12(13(14)15-3)17-11(9)7-10/h4-8H,1-3H3. The van der Waals surface area contributed by atoms with E-state index in [0.717, 1.165) is 15.8 Å². The third kappa shape index (κ3) is 2.58. The van der Waals surface area contributed by atoms with E-state index >= 15 is 0 Å². The SMILES string of the molecule is COC(=O)c1cc2ccc(OC(C)C)cc2s1. The highest BCUT2D eigenvalue weighted by Gasteiger charge is 2.10. The van der Waals surface area contributed by atoms with Crippen LogP contribution in [0.5, 0.6) is 5.75 Å². The minimum Gasteiger partial charge on any atom is -0.491 e. The predicted octanol–water partition coefficient (Wildman–Crippen LogP) is 3.48. The van der Waals surface area contributed by atoms with E-state index in [4.69, 9.17) is 9.47 Å². The van der Waals surface area contributed by atoms with Crippen LogP contribution in [0.25, 0.3) is 10.1 Å². The first-order valence-electron chi connectivity index (χ1n) is 5.38. The van der Waals surface area contributed by atoms with Gasteiger partial charge in [-0.1, -0.05) is 0 Å². The number of benzene rings is 1. The van der Waals surface area contributed by atoms with Gasteiger partial charge in [0.25, 0.3) is 0 Å². The normalized spacial score (nSPS) is 10.8. The summed E-state index contributed by atoms with van der Waals surface area (Å²) in [6.07, 6.45) is 0.146. The van der Waals surface area contributed by atoms with Crippen LogP contribution in [-0.4, -0.2) is 19.2 Å². The van der Waals surface area contributed by atoms with Gasteiger partial charge in [-0.2, -0.15) is 0 Å². The number of methoxy groups -OCH3 is 1. The van der Waals surface area contributed by atoms with Gasteiger partial charge < -0.3 is 9.47 Å². The second kappa shape index (κ2) is 4.75. The van der Waals surface area contributed by atoms with E-state index in [2.05, 4.69) is 0 Å². The average Bonchev–Trinajstić information content (AvgIpc) is 2.70. The molecule has 0 radical (unpaired) electrons. The van der Waals surface area contributed by atoms with Crippen LogP contribution in [0.1, 0.15) is 23.5 Å². The van der Waals surface area contributed by atoms with Crippen molar-refractivity contribution in [1.29, 1.82) is 0 Å². The molecule has 1 aromatic carbocycles. The van der Waals surface area contributed by atoms with Gasteiger partial charge in [0.15, 0.2) is 0 Å². The van der Waals surface area contributed by atoms with Crippen LogP contribution in [0.2, 0.25) is 0 Å². The van der Waals surface area contributed by atoms with E-state index in [9.17, 15) is 4.79 Å². The monoisotopic (exact) mass is 250 g/mol. The molecule has 90 valence electrons. The molecular weight excluding hydrogens is 236 g/mol. The van der Waals surface area contributed by atoms with Crippen LogP contribution in [0.4, 0.5) is 0 Å². The summed E-state index contributed by atoms with van der Waals surface area (Å²) in [4.78, 5) is 12.0. The summed E-state index contributed by atoms with van der Waals surface area (Å²) in [5.41, 5.74) is 0. The molecule has 0 aliphatic heterocycles. The smallest absolute Gasteiger partial charge is 0.348 e. The van der Waals surface area contributed by atoms with Crippen LogP contribution in [0.15, 0.2) is 24.3 Å². The molecular formula is C13H14O3S. The average molecular weight is 250 g/mol. The zero-order valence-corrected chi connectivity index (χ0v) is 10.8. The zero-order chi connectivity index (χ0) is 12.4. The molecule has 1 heterocycles. The van der Waals surface area contributed by atoms with Gasteiger partial charge >= 0.3 is 5.97 Å². The van der Waals surface area contributed by atoms with Gasteiger partial charge in [0.2, 0.25) is 0 Å². The maximum Gasteiger partial charge on any atom is 0.348 e. The molecule has 0 N–H and O–H groups in total. The lowest BCUT2D eigenvalue weighted by Gasteiger charge is -2.08. The summed E-state index contributed by atoms with van der Waals surface area (Å²) in [7, 11) is 1.39. The molecule has 0 saturated heterocycles. The second-order valence-electron chi connectivity index (χ2n) is 3.97. The van der Waals surface area contributed by atoms with E-state index in [1.165, 1.54) is 18.4 Å². The highest BCUT2D eigenvalue weighted by atomic mass is 32.1. The highest BCUT2D eigenvalue weighted by Crippen LogP contribution is 2.29. The number of carbonyl (C=O) groups is 1. The van der Waals surface area contributed by atoms with E-state index in [1.54, 1.807) is 0 Å². The summed E-state index contributed by atoms with van der Waals surface area (Å²) in [6.45, 7) is 3.97. The number of hydrogen-bond donors (Lipinski definition) is 0. The quantitative estimate of drug-likeness (QED) is 0.782. The van der Waals surface area contributed by atoms with Gasteiger partial charge in [-0.25, -0.2) is 4.79 Å². The van der Waals surface area contributed by atoms with Crippen molar-refractivity contribution in [2.45, 2.75) is 20.0 Å². The maximum atomic E-state index is 11.4. The summed E-state index contributed by atoms with van der Waals surface area (Å²) in [5, 5.41) is 1.03. The molecule has 17 heavy (non-hydrogen) atoms. The van der Waals surface area contributed by atoms with Gasteiger partial charge in [-0.15, -0.1) is 11.3 Å². The molecule has 2 aromatic rings. The van der Waals surface area contributed by atoms with E-state index in [0.29, 0.717) is 4.88 Å². The Morgan fingerprint density at radius 1 is 1.29 bits per heavy atom. The molecule has 3 nitrogen and oxygen atoms in total. The van der Waals surface area contributed by atoms with Crippen molar-refractivity contribution in [3.63, 3.8) is 0 Å². The number of esters is 1. The molecule has 0 amide bonds. The lowest BCUT2D eigenvalue weighted by atomic mass is 10.2. The highest BCUT2D eigenvalue weighted by molar-refractivity contribution is 7.20. The maximum absolute atomic E-state index is 11.4. The van der Waals surface area contributed by atoms with Gasteiger partial charge in [-0.05, 0) is 43.5 Å². The number of thiophene rings is 1. The van der Waals surface area contributed by atoms with Crippen LogP contribution in [0.3, 0.4) is 0 Å². The topological polar surface area (TPSA) is 35.5 Å². The van der Waals surface area contributed by atoms with E-state index in [-0.39, 0.29) is 12.1 Å². The van der Waals surface area contributed by atoms with Crippen molar-refractivity contribution in [3.8, 4) is 5.75 Å². The van der Waals surface area contributed by atoms with Crippen molar-refractivity contribution >= 4 is 27.4 Å². The van der Waals surface area contributed by atoms with E-state index in [1.807, 2.05) is 38.1 Å².